The molecule has 0 N–H and O–H groups in total. The van der Waals surface area contributed by atoms with Gasteiger partial charge >= 0.3 is 0 Å². The number of aromatic nitrogens is 1. The van der Waals surface area contributed by atoms with Crippen molar-refractivity contribution in [2.45, 2.75) is 6.92 Å². The lowest BCUT2D eigenvalue weighted by atomic mass is 10.1. The fourth-order valence-corrected chi connectivity index (χ4v) is 1.43. The molecular weight excluding hydrogens is 190 g/mol. The Labute approximate surface area is 87.7 Å². The van der Waals surface area contributed by atoms with Crippen LogP contribution in [-0.4, -0.2) is 17.9 Å². The van der Waals surface area contributed by atoms with Crippen molar-refractivity contribution in [2.24, 2.45) is 0 Å². The summed E-state index contributed by atoms with van der Waals surface area (Å²) in [6, 6.07) is 7.36. The number of rotatable bonds is 2. The average Bonchev–Trinajstić information content (AvgIpc) is 2.27. The lowest BCUT2D eigenvalue weighted by Crippen LogP contribution is -1.92. The van der Waals surface area contributed by atoms with E-state index in [1.165, 1.54) is 0 Å². The summed E-state index contributed by atoms with van der Waals surface area (Å²) in [5.41, 5.74) is 1.49. The molecule has 1 heterocycles. The molecule has 0 fully saturated rings. The van der Waals surface area contributed by atoms with Crippen LogP contribution in [0.4, 0.5) is 0 Å². The molecule has 2 rings (SSSR count). The van der Waals surface area contributed by atoms with Crippen molar-refractivity contribution in [1.82, 2.24) is 4.98 Å². The molecule has 0 spiro atoms. The Hall–Kier alpha value is -1.90. The van der Waals surface area contributed by atoms with Crippen molar-refractivity contribution in [1.29, 1.82) is 0 Å². The van der Waals surface area contributed by atoms with E-state index >= 15 is 0 Å². The average molecular weight is 201 g/mol. The number of hydrogen-bond acceptors (Lipinski definition) is 3. The number of pyridine rings is 1. The molecule has 0 saturated carbocycles. The number of nitrogens with zero attached hydrogens (tertiary/aromatic N) is 1. The summed E-state index contributed by atoms with van der Waals surface area (Å²) in [5, 5.41) is 0.972. The highest BCUT2D eigenvalue weighted by molar-refractivity contribution is 5.97. The largest absolute Gasteiger partial charge is 0.495 e. The van der Waals surface area contributed by atoms with E-state index in [2.05, 4.69) is 4.98 Å². The fraction of sp³-hybridized carbons (Fsp3) is 0.167. The van der Waals surface area contributed by atoms with E-state index in [0.717, 1.165) is 16.7 Å². The van der Waals surface area contributed by atoms with Crippen LogP contribution in [-0.2, 0) is 0 Å². The Kier molecular flexibility index (Phi) is 2.37. The predicted molar refractivity (Wildman–Crippen MR) is 58.3 cm³/mol. The van der Waals surface area contributed by atoms with Crippen LogP contribution in [0.3, 0.4) is 0 Å². The number of ketones is 1. The van der Waals surface area contributed by atoms with Gasteiger partial charge in [0.25, 0.3) is 0 Å². The summed E-state index contributed by atoms with van der Waals surface area (Å²) in [6.07, 6.45) is 1.65. The van der Waals surface area contributed by atoms with Crippen LogP contribution < -0.4 is 4.74 Å². The van der Waals surface area contributed by atoms with Gasteiger partial charge in [-0.25, -0.2) is 0 Å². The third-order valence-electron chi connectivity index (χ3n) is 2.30. The first-order valence-electron chi connectivity index (χ1n) is 4.65. The van der Waals surface area contributed by atoms with Gasteiger partial charge in [-0.3, -0.25) is 9.78 Å². The van der Waals surface area contributed by atoms with Crippen LogP contribution in [0.25, 0.3) is 10.9 Å². The number of carbonyl (C=O) groups is 1. The van der Waals surface area contributed by atoms with E-state index in [4.69, 9.17) is 4.74 Å². The second-order valence-electron chi connectivity index (χ2n) is 3.34. The fourth-order valence-electron chi connectivity index (χ4n) is 1.43. The Bertz CT molecular complexity index is 520. The lowest BCUT2D eigenvalue weighted by Gasteiger charge is -2.02. The first-order valence-corrected chi connectivity index (χ1v) is 4.65. The SMILES string of the molecule is COc1cnc2cc(C(C)=O)ccc2c1. The molecule has 3 heteroatoms. The number of fused-ring (bicyclic) bond motifs is 1. The summed E-state index contributed by atoms with van der Waals surface area (Å²) in [4.78, 5) is 15.4. The van der Waals surface area contributed by atoms with E-state index in [9.17, 15) is 4.79 Å². The molecule has 1 aromatic heterocycles. The minimum atomic E-state index is 0.0505. The molecule has 0 amide bonds. The normalized spacial score (nSPS) is 10.3. The van der Waals surface area contributed by atoms with E-state index in [-0.39, 0.29) is 5.78 Å². The van der Waals surface area contributed by atoms with E-state index in [0.29, 0.717) is 5.56 Å². The van der Waals surface area contributed by atoms with Crippen LogP contribution >= 0.6 is 0 Å². The van der Waals surface area contributed by atoms with Gasteiger partial charge in [0.05, 0.1) is 18.8 Å². The third kappa shape index (κ3) is 1.81. The quantitative estimate of drug-likeness (QED) is 0.700. The molecule has 0 aliphatic rings. The number of hydrogen-bond donors (Lipinski definition) is 0. The number of methoxy groups -OCH3 is 1. The van der Waals surface area contributed by atoms with E-state index in [1.54, 1.807) is 32.4 Å². The minimum Gasteiger partial charge on any atom is -0.495 e. The molecule has 0 saturated heterocycles. The van der Waals surface area contributed by atoms with Gasteiger partial charge in [-0.05, 0) is 19.1 Å². The van der Waals surface area contributed by atoms with Crippen molar-refractivity contribution in [3.05, 3.63) is 36.0 Å². The van der Waals surface area contributed by atoms with Gasteiger partial charge < -0.3 is 4.74 Å². The maximum absolute atomic E-state index is 11.2. The molecule has 15 heavy (non-hydrogen) atoms. The van der Waals surface area contributed by atoms with Gasteiger partial charge in [0, 0.05) is 10.9 Å². The van der Waals surface area contributed by atoms with Crippen LogP contribution in [0.2, 0.25) is 0 Å². The predicted octanol–water partition coefficient (Wildman–Crippen LogP) is 2.45. The number of benzene rings is 1. The summed E-state index contributed by atoms with van der Waals surface area (Å²) < 4.78 is 5.07. The third-order valence-corrected chi connectivity index (χ3v) is 2.30. The number of carbonyl (C=O) groups excluding carboxylic acids is 1. The topological polar surface area (TPSA) is 39.2 Å². The van der Waals surface area contributed by atoms with Gasteiger partial charge in [0.1, 0.15) is 5.75 Å². The van der Waals surface area contributed by atoms with Gasteiger partial charge in [-0.1, -0.05) is 12.1 Å². The summed E-state index contributed by atoms with van der Waals surface area (Å²) in [6.45, 7) is 1.55. The van der Waals surface area contributed by atoms with Gasteiger partial charge in [0.2, 0.25) is 0 Å². The van der Waals surface area contributed by atoms with Crippen LogP contribution in [0, 0.1) is 0 Å². The highest BCUT2D eigenvalue weighted by Gasteiger charge is 2.02. The molecule has 0 unspecified atom stereocenters. The second-order valence-corrected chi connectivity index (χ2v) is 3.34. The second kappa shape index (κ2) is 3.69. The molecule has 0 bridgehead atoms. The highest BCUT2D eigenvalue weighted by atomic mass is 16.5. The maximum Gasteiger partial charge on any atom is 0.159 e. The molecule has 0 aliphatic carbocycles. The van der Waals surface area contributed by atoms with Crippen molar-refractivity contribution < 1.29 is 9.53 Å². The molecule has 1 aromatic carbocycles. The van der Waals surface area contributed by atoms with Crippen LogP contribution in [0.5, 0.6) is 5.75 Å². The minimum absolute atomic E-state index is 0.0505. The number of ether oxygens (including phenoxy) is 1. The summed E-state index contributed by atoms with van der Waals surface area (Å²) in [7, 11) is 1.60. The molecule has 0 radical (unpaired) electrons. The standard InChI is InChI=1S/C12H11NO2/c1-8(14)9-3-4-10-5-11(15-2)7-13-12(10)6-9/h3-7H,1-2H3. The number of Topliss-reactive ketones (excluding diaryl/α,β-unsaturated/α-hetero) is 1. The summed E-state index contributed by atoms with van der Waals surface area (Å²) in [5.74, 6) is 0.771. The summed E-state index contributed by atoms with van der Waals surface area (Å²) >= 11 is 0. The van der Waals surface area contributed by atoms with Crippen molar-refractivity contribution >= 4 is 16.7 Å². The maximum atomic E-state index is 11.2. The van der Waals surface area contributed by atoms with Crippen molar-refractivity contribution in [3.63, 3.8) is 0 Å². The van der Waals surface area contributed by atoms with Crippen molar-refractivity contribution in [3.8, 4) is 5.75 Å². The molecule has 0 aliphatic heterocycles. The van der Waals surface area contributed by atoms with E-state index in [1.807, 2.05) is 12.1 Å². The van der Waals surface area contributed by atoms with Crippen molar-refractivity contribution in [2.75, 3.05) is 7.11 Å². The Morgan fingerprint density at radius 2 is 2.13 bits per heavy atom. The van der Waals surface area contributed by atoms with Crippen LogP contribution in [0.15, 0.2) is 30.5 Å². The zero-order chi connectivity index (χ0) is 10.8. The molecule has 0 atom stereocenters. The Morgan fingerprint density at radius 1 is 1.33 bits per heavy atom. The molecule has 3 nitrogen and oxygen atoms in total. The van der Waals surface area contributed by atoms with Gasteiger partial charge in [0.15, 0.2) is 5.78 Å². The van der Waals surface area contributed by atoms with E-state index < -0.39 is 0 Å². The Morgan fingerprint density at radius 3 is 2.80 bits per heavy atom. The zero-order valence-electron chi connectivity index (χ0n) is 8.65. The van der Waals surface area contributed by atoms with Gasteiger partial charge in [-0.15, -0.1) is 0 Å². The lowest BCUT2D eigenvalue weighted by molar-refractivity contribution is 0.101. The molecular formula is C12H11NO2. The smallest absolute Gasteiger partial charge is 0.159 e. The molecule has 76 valence electrons. The highest BCUT2D eigenvalue weighted by Crippen LogP contribution is 2.19. The van der Waals surface area contributed by atoms with Crippen LogP contribution in [0.1, 0.15) is 17.3 Å². The monoisotopic (exact) mass is 201 g/mol. The first kappa shape index (κ1) is 9.65. The Balaban J connectivity index is 2.59. The molecule has 2 aromatic rings. The zero-order valence-corrected chi connectivity index (χ0v) is 8.65. The van der Waals surface area contributed by atoms with Gasteiger partial charge in [-0.2, -0.15) is 0 Å². The first-order chi connectivity index (χ1) is 7.20.